The number of benzene rings is 2. The first-order valence-corrected chi connectivity index (χ1v) is 9.22. The van der Waals surface area contributed by atoms with E-state index in [0.29, 0.717) is 18.9 Å². The van der Waals surface area contributed by atoms with Gasteiger partial charge in [-0.15, -0.1) is 0 Å². The fourth-order valence-electron chi connectivity index (χ4n) is 3.01. The molecule has 0 atom stereocenters. The van der Waals surface area contributed by atoms with Crippen LogP contribution >= 0.6 is 0 Å². The largest absolute Gasteiger partial charge is 0.463 e. The molecular formula is C21H25N5O2. The Hall–Kier alpha value is -3.32. The molecule has 1 aliphatic rings. The number of nitrogens with two attached hydrogens (primary N) is 1. The maximum absolute atomic E-state index is 9.76. The molecule has 1 aromatic heterocycles. The summed E-state index contributed by atoms with van der Waals surface area (Å²) in [6.07, 6.45) is 1.76. The first-order chi connectivity index (χ1) is 13.8. The van der Waals surface area contributed by atoms with Crippen LogP contribution in [-0.2, 0) is 16.1 Å². The highest BCUT2D eigenvalue weighted by molar-refractivity contribution is 5.74. The van der Waals surface area contributed by atoms with E-state index in [-0.39, 0.29) is 0 Å². The number of piperazine rings is 1. The zero-order chi connectivity index (χ0) is 19.6. The number of rotatable bonds is 5. The van der Waals surface area contributed by atoms with E-state index in [2.05, 4.69) is 49.4 Å². The molecule has 1 fully saturated rings. The number of nitrogens with one attached hydrogen (secondary N) is 2. The van der Waals surface area contributed by atoms with Gasteiger partial charge in [0.1, 0.15) is 12.4 Å². The molecule has 3 aromatic rings. The Morgan fingerprint density at radius 2 is 1.79 bits per heavy atom. The highest BCUT2D eigenvalue weighted by atomic mass is 16.5. The number of anilines is 2. The maximum atomic E-state index is 9.76. The van der Waals surface area contributed by atoms with Crippen molar-refractivity contribution < 1.29 is 9.53 Å². The summed E-state index contributed by atoms with van der Waals surface area (Å²) in [5.74, 6) is 0.616. The van der Waals surface area contributed by atoms with Crippen molar-refractivity contribution in [3.05, 3.63) is 66.4 Å². The second-order valence-corrected chi connectivity index (χ2v) is 6.37. The molecule has 0 bridgehead atoms. The maximum Gasteiger partial charge on any atom is 0.293 e. The summed E-state index contributed by atoms with van der Waals surface area (Å²) in [5.41, 5.74) is 10.1. The van der Waals surface area contributed by atoms with Crippen LogP contribution in [0, 0.1) is 0 Å². The van der Waals surface area contributed by atoms with Gasteiger partial charge in [-0.05, 0) is 23.3 Å². The van der Waals surface area contributed by atoms with Crippen LogP contribution in [-0.4, -0.2) is 42.8 Å². The molecule has 7 nitrogen and oxygen atoms in total. The number of aromatic amines is 1. The number of nitrogens with zero attached hydrogens (tertiary/aromatic N) is 2. The van der Waals surface area contributed by atoms with Gasteiger partial charge in [0.25, 0.3) is 6.47 Å². The zero-order valence-electron chi connectivity index (χ0n) is 15.7. The van der Waals surface area contributed by atoms with E-state index < -0.39 is 0 Å². The molecule has 4 N–H and O–H groups in total. The van der Waals surface area contributed by atoms with Gasteiger partial charge in [0, 0.05) is 37.4 Å². The molecule has 0 amide bonds. The van der Waals surface area contributed by atoms with Crippen molar-refractivity contribution in [1.82, 2.24) is 15.5 Å². The van der Waals surface area contributed by atoms with Gasteiger partial charge in [-0.2, -0.15) is 5.10 Å². The lowest BCUT2D eigenvalue weighted by molar-refractivity contribution is -0.129. The fourth-order valence-corrected chi connectivity index (χ4v) is 3.01. The smallest absolute Gasteiger partial charge is 0.293 e. The number of hydrogen-bond donors (Lipinski definition) is 3. The van der Waals surface area contributed by atoms with Gasteiger partial charge in [0.15, 0.2) is 0 Å². The van der Waals surface area contributed by atoms with Gasteiger partial charge in [-0.3, -0.25) is 9.89 Å². The molecule has 7 heteroatoms. The number of aromatic nitrogens is 2. The second-order valence-electron chi connectivity index (χ2n) is 6.37. The SMILES string of the molecule is Nc1[nH]ncc1-c1ccc(N2CCNCC2)cc1.O=COCc1ccccc1. The Morgan fingerprint density at radius 3 is 2.39 bits per heavy atom. The van der Waals surface area contributed by atoms with Crippen LogP contribution in [0.5, 0.6) is 0 Å². The Morgan fingerprint density at radius 1 is 1.07 bits per heavy atom. The van der Waals surface area contributed by atoms with E-state index in [1.165, 1.54) is 5.69 Å². The average Bonchev–Trinajstić information content (AvgIpc) is 3.20. The lowest BCUT2D eigenvalue weighted by Crippen LogP contribution is -2.43. The van der Waals surface area contributed by atoms with E-state index >= 15 is 0 Å². The molecule has 28 heavy (non-hydrogen) atoms. The molecular weight excluding hydrogens is 354 g/mol. The lowest BCUT2D eigenvalue weighted by atomic mass is 10.1. The van der Waals surface area contributed by atoms with Crippen molar-refractivity contribution in [2.24, 2.45) is 0 Å². The molecule has 0 unspecified atom stereocenters. The predicted octanol–water partition coefficient (Wildman–Crippen LogP) is 2.43. The molecule has 0 radical (unpaired) electrons. The summed E-state index contributed by atoms with van der Waals surface area (Å²) < 4.78 is 4.54. The minimum absolute atomic E-state index is 0.365. The monoisotopic (exact) mass is 379 g/mol. The van der Waals surface area contributed by atoms with Crippen LogP contribution in [0.1, 0.15) is 5.56 Å². The number of carbonyl (C=O) groups excluding carboxylic acids is 1. The Balaban J connectivity index is 0.000000192. The van der Waals surface area contributed by atoms with Crippen molar-refractivity contribution in [3.8, 4) is 11.1 Å². The van der Waals surface area contributed by atoms with Crippen LogP contribution in [0.15, 0.2) is 60.8 Å². The topological polar surface area (TPSA) is 96.3 Å². The first kappa shape index (κ1) is 19.4. The van der Waals surface area contributed by atoms with E-state index in [1.54, 1.807) is 6.20 Å². The average molecular weight is 379 g/mol. The van der Waals surface area contributed by atoms with Gasteiger partial charge in [-0.1, -0.05) is 42.5 Å². The summed E-state index contributed by atoms with van der Waals surface area (Å²) in [6, 6.07) is 18.0. The van der Waals surface area contributed by atoms with Crippen LogP contribution in [0.25, 0.3) is 11.1 Å². The number of hydrogen-bond acceptors (Lipinski definition) is 6. The van der Waals surface area contributed by atoms with Crippen LogP contribution < -0.4 is 16.0 Å². The van der Waals surface area contributed by atoms with Crippen molar-refractivity contribution in [3.63, 3.8) is 0 Å². The zero-order valence-corrected chi connectivity index (χ0v) is 15.7. The quantitative estimate of drug-likeness (QED) is 0.589. The first-order valence-electron chi connectivity index (χ1n) is 9.22. The van der Waals surface area contributed by atoms with Gasteiger partial charge < -0.3 is 20.7 Å². The standard InChI is InChI=1S/C13H17N5.C8H8O2/c14-13-12(9-16-17-13)10-1-3-11(4-2-10)18-7-5-15-6-8-18;9-7-10-6-8-4-2-1-3-5-8/h1-4,9,15H,5-8H2,(H3,14,16,17);1-5,7H,6H2. The Labute approximate surface area is 164 Å². The molecule has 4 rings (SSSR count). The second kappa shape index (κ2) is 10.1. The highest BCUT2D eigenvalue weighted by Crippen LogP contribution is 2.26. The third-order valence-corrected chi connectivity index (χ3v) is 4.49. The third kappa shape index (κ3) is 5.34. The number of H-pyrrole nitrogens is 1. The normalized spacial score (nSPS) is 13.4. The summed E-state index contributed by atoms with van der Waals surface area (Å²) in [4.78, 5) is 12.1. The summed E-state index contributed by atoms with van der Waals surface area (Å²) in [7, 11) is 0. The highest BCUT2D eigenvalue weighted by Gasteiger charge is 2.11. The molecule has 0 spiro atoms. The van der Waals surface area contributed by atoms with Crippen LogP contribution in [0.4, 0.5) is 11.5 Å². The summed E-state index contributed by atoms with van der Waals surface area (Å²) >= 11 is 0. The van der Waals surface area contributed by atoms with E-state index in [0.717, 1.165) is 42.9 Å². The minimum Gasteiger partial charge on any atom is -0.463 e. The molecule has 2 aromatic carbocycles. The molecule has 1 saturated heterocycles. The lowest BCUT2D eigenvalue weighted by Gasteiger charge is -2.29. The summed E-state index contributed by atoms with van der Waals surface area (Å²) in [5, 5.41) is 10.1. The van der Waals surface area contributed by atoms with E-state index in [9.17, 15) is 4.79 Å². The van der Waals surface area contributed by atoms with Crippen LogP contribution in [0.3, 0.4) is 0 Å². The van der Waals surface area contributed by atoms with Crippen molar-refractivity contribution >= 4 is 18.0 Å². The van der Waals surface area contributed by atoms with Gasteiger partial charge in [-0.25, -0.2) is 0 Å². The van der Waals surface area contributed by atoms with E-state index in [4.69, 9.17) is 5.73 Å². The van der Waals surface area contributed by atoms with E-state index in [1.807, 2.05) is 30.3 Å². The Kier molecular flexibility index (Phi) is 7.03. The molecule has 0 saturated carbocycles. The van der Waals surface area contributed by atoms with Crippen molar-refractivity contribution in [2.75, 3.05) is 36.8 Å². The van der Waals surface area contributed by atoms with Crippen molar-refractivity contribution in [1.29, 1.82) is 0 Å². The van der Waals surface area contributed by atoms with Gasteiger partial charge in [0.2, 0.25) is 0 Å². The predicted molar refractivity (Wildman–Crippen MR) is 111 cm³/mol. The molecule has 2 heterocycles. The minimum atomic E-state index is 0.365. The number of nitrogen functional groups attached to an aromatic ring is 1. The Bertz CT molecular complexity index is 843. The van der Waals surface area contributed by atoms with Gasteiger partial charge in [0.05, 0.1) is 6.20 Å². The molecule has 0 aliphatic carbocycles. The summed E-state index contributed by atoms with van der Waals surface area (Å²) in [6.45, 7) is 5.05. The van der Waals surface area contributed by atoms with Crippen molar-refractivity contribution in [2.45, 2.75) is 6.61 Å². The van der Waals surface area contributed by atoms with Gasteiger partial charge >= 0.3 is 0 Å². The molecule has 1 aliphatic heterocycles. The number of ether oxygens (including phenoxy) is 1. The van der Waals surface area contributed by atoms with Crippen LogP contribution in [0.2, 0.25) is 0 Å². The molecule has 146 valence electrons. The number of carbonyl (C=O) groups is 1. The fraction of sp³-hybridized carbons (Fsp3) is 0.238. The third-order valence-electron chi connectivity index (χ3n) is 4.49.